The highest BCUT2D eigenvalue weighted by molar-refractivity contribution is 5.78. The van der Waals surface area contributed by atoms with E-state index in [4.69, 9.17) is 23.7 Å². The highest BCUT2D eigenvalue weighted by Crippen LogP contribution is 2.39. The van der Waals surface area contributed by atoms with Crippen LogP contribution in [0, 0.1) is 0 Å². The zero-order valence-electron chi connectivity index (χ0n) is 32.7. The van der Waals surface area contributed by atoms with Gasteiger partial charge in [0.05, 0.1) is 56.3 Å². The number of rotatable bonds is 19. The molecule has 0 aromatic heterocycles. The van der Waals surface area contributed by atoms with Gasteiger partial charge in [-0.1, -0.05) is 0 Å². The molecule has 0 radical (unpaired) electrons. The molecule has 3 aliphatic heterocycles. The third-order valence-electron chi connectivity index (χ3n) is 10.2. The van der Waals surface area contributed by atoms with Gasteiger partial charge >= 0.3 is 17.9 Å². The maximum absolute atomic E-state index is 13.0. The zero-order chi connectivity index (χ0) is 46.5. The van der Waals surface area contributed by atoms with Crippen molar-refractivity contribution in [3.05, 3.63) is 0 Å². The lowest BCUT2D eigenvalue weighted by Crippen LogP contribution is -2.71. The standard InChI is InChI=1S/C33H53N3O25/c1-10(40)34-19-13(43)4-31(56,28(50)51)59-26(19)23(48)17(8-38)57-33(30(54)55)6-15(45)21(36-12(3)42)27(61-33)24(49)18(9-39)58-32(29(52)53)5-14(44)20(35-11(2)41)25(60-32)22(47)16(46)7-37/h13-27,37-39,43-49,56H,4-9H2,1-3H3,(H,34,40)(H,35,41)(H,36,42)(H,50,51)(H,52,53)(H,54,55)/t13-,14-,15-,16+,17+,18+,19+,20+,21+,22+,23+,24+,25+,26+,27+,31-,32+,33+/m0/s1. The van der Waals surface area contributed by atoms with Gasteiger partial charge in [0, 0.05) is 40.0 Å². The topological polar surface area (TPSA) is 468 Å². The predicted octanol–water partition coefficient (Wildman–Crippen LogP) is -9.52. The fraction of sp³-hybridized carbons (Fsp3) is 0.818. The Morgan fingerprint density at radius 3 is 1.18 bits per heavy atom. The first-order chi connectivity index (χ1) is 28.2. The monoisotopic (exact) mass is 891 g/mol. The second-order valence-electron chi connectivity index (χ2n) is 14.8. The average Bonchev–Trinajstić information content (AvgIpc) is 3.17. The zero-order valence-corrected chi connectivity index (χ0v) is 32.7. The summed E-state index contributed by atoms with van der Waals surface area (Å²) in [6.45, 7) is -1.20. The summed E-state index contributed by atoms with van der Waals surface area (Å²) in [4.78, 5) is 73.8. The van der Waals surface area contributed by atoms with E-state index in [-0.39, 0.29) is 0 Å². The van der Waals surface area contributed by atoms with E-state index in [1.165, 1.54) is 0 Å². The number of aliphatic hydroxyl groups excluding tert-OH is 10. The van der Waals surface area contributed by atoms with Crippen LogP contribution in [0.1, 0.15) is 40.0 Å². The van der Waals surface area contributed by atoms with Gasteiger partial charge in [0.2, 0.25) is 17.7 Å². The highest BCUT2D eigenvalue weighted by atomic mass is 16.8. The van der Waals surface area contributed by atoms with Crippen molar-refractivity contribution in [1.29, 1.82) is 0 Å². The number of hydrogen-bond acceptors (Lipinski definition) is 22. The molecule has 0 spiro atoms. The second-order valence-corrected chi connectivity index (χ2v) is 14.8. The van der Waals surface area contributed by atoms with Gasteiger partial charge in [-0.2, -0.15) is 0 Å². The van der Waals surface area contributed by atoms with Crippen LogP contribution in [0.25, 0.3) is 0 Å². The predicted molar refractivity (Wildman–Crippen MR) is 188 cm³/mol. The Hall–Kier alpha value is -3.82. The van der Waals surface area contributed by atoms with E-state index in [2.05, 4.69) is 16.0 Å². The van der Waals surface area contributed by atoms with Crippen LogP contribution in [0.2, 0.25) is 0 Å². The van der Waals surface area contributed by atoms with Gasteiger partial charge in [0.25, 0.3) is 17.4 Å². The van der Waals surface area contributed by atoms with Gasteiger partial charge in [0.15, 0.2) is 0 Å². The van der Waals surface area contributed by atoms with Crippen LogP contribution in [0.4, 0.5) is 0 Å². The summed E-state index contributed by atoms with van der Waals surface area (Å²) in [5.41, 5.74) is 0. The molecule has 28 nitrogen and oxygen atoms in total. The lowest BCUT2D eigenvalue weighted by molar-refractivity contribution is -0.356. The molecule has 3 aliphatic rings. The van der Waals surface area contributed by atoms with Crippen molar-refractivity contribution in [3.63, 3.8) is 0 Å². The molecule has 3 heterocycles. The molecule has 0 bridgehead atoms. The van der Waals surface area contributed by atoms with Crippen molar-refractivity contribution in [1.82, 2.24) is 16.0 Å². The Labute approximate surface area is 344 Å². The maximum atomic E-state index is 13.0. The second kappa shape index (κ2) is 20.6. The molecule has 28 heteroatoms. The lowest BCUT2D eigenvalue weighted by atomic mass is 9.86. The Bertz CT molecular complexity index is 1590. The van der Waals surface area contributed by atoms with Crippen LogP contribution in [-0.4, -0.2) is 236 Å². The largest absolute Gasteiger partial charge is 0.477 e. The van der Waals surface area contributed by atoms with E-state index in [0.29, 0.717) is 0 Å². The molecule has 0 unspecified atom stereocenters. The van der Waals surface area contributed by atoms with Crippen molar-refractivity contribution in [2.24, 2.45) is 0 Å². The number of aliphatic carboxylic acids is 3. The highest BCUT2D eigenvalue weighted by Gasteiger charge is 2.62. The van der Waals surface area contributed by atoms with Gasteiger partial charge in [-0.05, 0) is 0 Å². The third-order valence-corrected chi connectivity index (χ3v) is 10.2. The molecule has 3 fully saturated rings. The number of hydrogen-bond donors (Lipinski definition) is 17. The van der Waals surface area contributed by atoms with Gasteiger partial charge in [-0.3, -0.25) is 14.4 Å². The molecule has 0 aliphatic carbocycles. The molecule has 0 aromatic carbocycles. The van der Waals surface area contributed by atoms with Crippen molar-refractivity contribution in [2.75, 3.05) is 19.8 Å². The smallest absolute Gasteiger partial charge is 0.364 e. The molecule has 0 aromatic rings. The maximum Gasteiger partial charge on any atom is 0.364 e. The number of aliphatic hydroxyl groups is 11. The molecular formula is C33H53N3O25. The van der Waals surface area contributed by atoms with Crippen molar-refractivity contribution in [2.45, 2.75) is 149 Å². The van der Waals surface area contributed by atoms with E-state index >= 15 is 0 Å². The van der Waals surface area contributed by atoms with E-state index in [1.807, 2.05) is 0 Å². The van der Waals surface area contributed by atoms with Crippen LogP contribution in [0.15, 0.2) is 0 Å². The minimum absolute atomic E-state index is 0.842. The number of nitrogens with one attached hydrogen (secondary N) is 3. The summed E-state index contributed by atoms with van der Waals surface area (Å²) < 4.78 is 27.3. The minimum atomic E-state index is -3.35. The minimum Gasteiger partial charge on any atom is -0.477 e. The van der Waals surface area contributed by atoms with Crippen molar-refractivity contribution >= 4 is 35.6 Å². The summed E-state index contributed by atoms with van der Waals surface area (Å²) in [6, 6.07) is -5.34. The summed E-state index contributed by atoms with van der Waals surface area (Å²) in [5, 5.41) is 155. The first-order valence-electron chi connectivity index (χ1n) is 18.5. The average molecular weight is 892 g/mol. The first-order valence-corrected chi connectivity index (χ1v) is 18.5. The number of ether oxygens (including phenoxy) is 5. The van der Waals surface area contributed by atoms with E-state index in [1.54, 1.807) is 0 Å². The normalized spacial score (nSPS) is 37.2. The molecular weight excluding hydrogens is 838 g/mol. The summed E-state index contributed by atoms with van der Waals surface area (Å²) in [7, 11) is 0. The van der Waals surface area contributed by atoms with Crippen molar-refractivity contribution in [3.8, 4) is 0 Å². The molecule has 350 valence electrons. The Kier molecular flexibility index (Phi) is 17.4. The molecule has 18 atom stereocenters. The van der Waals surface area contributed by atoms with Gasteiger partial charge in [-0.25, -0.2) is 14.4 Å². The van der Waals surface area contributed by atoms with Gasteiger partial charge < -0.3 is 111 Å². The summed E-state index contributed by atoms with van der Waals surface area (Å²) in [5.74, 6) is -18.9. The molecule has 3 saturated heterocycles. The Morgan fingerprint density at radius 1 is 0.557 bits per heavy atom. The SMILES string of the molecule is CC(=O)N[C@H]1[C@H]([C@H](O)[C@H](O)CO)O[C@@](O[C@H](CO)[C@@H](O)[C@@H]2O[C@@](O[C@H](CO)[C@@H](O)[C@@H]3O[C@](O)(C(=O)O)C[C@H](O)[C@H]3NC(C)=O)(C(=O)O)C[C@H](O)[C@H]2NC(C)=O)(C(=O)O)C[C@@H]1O. The van der Waals surface area contributed by atoms with E-state index in [9.17, 15) is 100 Å². The quantitative estimate of drug-likeness (QED) is 0.0572. The van der Waals surface area contributed by atoms with E-state index < -0.39 is 183 Å². The van der Waals surface area contributed by atoms with Gasteiger partial charge in [0.1, 0.15) is 54.9 Å². The molecule has 3 rings (SSSR count). The number of amides is 3. The van der Waals surface area contributed by atoms with Crippen LogP contribution in [-0.2, 0) is 52.5 Å². The molecule has 17 N–H and O–H groups in total. The Morgan fingerprint density at radius 2 is 0.885 bits per heavy atom. The van der Waals surface area contributed by atoms with Gasteiger partial charge in [-0.15, -0.1) is 0 Å². The number of carboxylic acids is 3. The van der Waals surface area contributed by atoms with Crippen LogP contribution >= 0.6 is 0 Å². The molecule has 61 heavy (non-hydrogen) atoms. The number of carboxylic acid groups (broad SMARTS) is 3. The molecule has 3 amide bonds. The summed E-state index contributed by atoms with van der Waals surface area (Å²) >= 11 is 0. The lowest BCUT2D eigenvalue weighted by Gasteiger charge is -2.50. The fourth-order valence-corrected chi connectivity index (χ4v) is 7.32. The first kappa shape index (κ1) is 51.5. The fourth-order valence-electron chi connectivity index (χ4n) is 7.32. The Balaban J connectivity index is 2.08. The number of carbonyl (C=O) groups excluding carboxylic acids is 3. The third kappa shape index (κ3) is 11.4. The van der Waals surface area contributed by atoms with Crippen LogP contribution in [0.5, 0.6) is 0 Å². The van der Waals surface area contributed by atoms with E-state index in [0.717, 1.165) is 20.8 Å². The van der Waals surface area contributed by atoms with Crippen LogP contribution in [0.3, 0.4) is 0 Å². The van der Waals surface area contributed by atoms with Crippen molar-refractivity contribution < 1.29 is 124 Å². The molecule has 0 saturated carbocycles. The summed E-state index contributed by atoms with van der Waals surface area (Å²) in [6.07, 6.45) is -30.5. The van der Waals surface area contributed by atoms with Crippen LogP contribution < -0.4 is 16.0 Å². The number of carbonyl (C=O) groups is 6.